The van der Waals surface area contributed by atoms with Gasteiger partial charge in [-0.1, -0.05) is 0 Å². The molecule has 0 spiro atoms. The molecule has 2 rings (SSSR count). The Morgan fingerprint density at radius 3 is 2.69 bits per heavy atom. The average Bonchev–Trinajstić information content (AvgIpc) is 3.11. The van der Waals surface area contributed by atoms with E-state index in [1.165, 1.54) is 7.11 Å². The quantitative estimate of drug-likeness (QED) is 0.537. The van der Waals surface area contributed by atoms with Gasteiger partial charge < -0.3 is 14.2 Å². The van der Waals surface area contributed by atoms with Crippen molar-refractivity contribution in [3.8, 4) is 5.75 Å². The number of methoxy groups -OCH3 is 1. The lowest BCUT2D eigenvalue weighted by Gasteiger charge is -2.05. The van der Waals surface area contributed by atoms with Crippen molar-refractivity contribution in [1.82, 2.24) is 0 Å². The van der Waals surface area contributed by atoms with Crippen LogP contribution in [0.4, 0.5) is 0 Å². The largest absolute Gasteiger partial charge is 0.491 e. The highest BCUT2D eigenvalue weighted by Gasteiger charge is 2.22. The van der Waals surface area contributed by atoms with E-state index in [-0.39, 0.29) is 18.5 Å². The van der Waals surface area contributed by atoms with Crippen molar-refractivity contribution in [2.24, 2.45) is 0 Å². The second-order valence-corrected chi connectivity index (χ2v) is 3.65. The van der Waals surface area contributed by atoms with Crippen LogP contribution in [-0.4, -0.2) is 38.8 Å². The summed E-state index contributed by atoms with van der Waals surface area (Å²) in [6.07, 6.45) is 0.245. The second kappa shape index (κ2) is 5.09. The van der Waals surface area contributed by atoms with E-state index in [0.29, 0.717) is 12.2 Å². The average molecular weight is 222 g/mol. The first-order valence-corrected chi connectivity index (χ1v) is 5.16. The van der Waals surface area contributed by atoms with Crippen molar-refractivity contribution in [1.29, 1.82) is 0 Å². The third-order valence-electron chi connectivity index (χ3n) is 2.29. The van der Waals surface area contributed by atoms with Crippen LogP contribution in [0.25, 0.3) is 0 Å². The van der Waals surface area contributed by atoms with Crippen LogP contribution in [0.15, 0.2) is 24.3 Å². The second-order valence-electron chi connectivity index (χ2n) is 3.65. The summed E-state index contributed by atoms with van der Waals surface area (Å²) in [5, 5.41) is 0. The van der Waals surface area contributed by atoms with Crippen molar-refractivity contribution in [2.45, 2.75) is 6.10 Å². The first-order chi connectivity index (χ1) is 7.79. The molecule has 86 valence electrons. The zero-order valence-electron chi connectivity index (χ0n) is 9.14. The molecule has 0 saturated carbocycles. The Hall–Kier alpha value is -1.39. The third kappa shape index (κ3) is 3.05. The topological polar surface area (TPSA) is 48.1 Å². The number of ether oxygens (including phenoxy) is 3. The van der Waals surface area contributed by atoms with Crippen molar-refractivity contribution in [3.05, 3.63) is 29.8 Å². The van der Waals surface area contributed by atoms with Gasteiger partial charge in [0.15, 0.2) is 5.78 Å². The highest BCUT2D eigenvalue weighted by Crippen LogP contribution is 2.16. The van der Waals surface area contributed by atoms with Crippen LogP contribution >= 0.6 is 0 Å². The Bertz CT molecular complexity index is 354. The van der Waals surface area contributed by atoms with Crippen LogP contribution in [0.2, 0.25) is 0 Å². The molecular weight excluding hydrogens is 208 g/mol. The van der Waals surface area contributed by atoms with Crippen LogP contribution in [0.5, 0.6) is 5.75 Å². The molecule has 16 heavy (non-hydrogen) atoms. The van der Waals surface area contributed by atoms with Gasteiger partial charge in [-0.2, -0.15) is 0 Å². The van der Waals surface area contributed by atoms with Crippen LogP contribution < -0.4 is 4.74 Å². The van der Waals surface area contributed by atoms with Crippen LogP contribution in [-0.2, 0) is 9.47 Å². The lowest BCUT2D eigenvalue weighted by Crippen LogP contribution is -2.07. The maximum atomic E-state index is 11.4. The van der Waals surface area contributed by atoms with Crippen molar-refractivity contribution in [2.75, 3.05) is 26.9 Å². The van der Waals surface area contributed by atoms with E-state index in [1.807, 2.05) is 0 Å². The summed E-state index contributed by atoms with van der Waals surface area (Å²) < 4.78 is 15.3. The van der Waals surface area contributed by atoms with E-state index >= 15 is 0 Å². The summed E-state index contributed by atoms with van der Waals surface area (Å²) in [5.41, 5.74) is 0.636. The minimum absolute atomic E-state index is 0.0282. The molecule has 0 aliphatic carbocycles. The standard InChI is InChI=1S/C12H14O4/c1-14-8-12(13)9-2-4-10(5-3-9)15-6-11-7-16-11/h2-5,11H,6-8H2,1H3/t11-/m1/s1. The molecule has 0 aromatic heterocycles. The number of hydrogen-bond acceptors (Lipinski definition) is 4. The fourth-order valence-corrected chi connectivity index (χ4v) is 1.30. The Balaban J connectivity index is 1.89. The number of rotatable bonds is 6. The van der Waals surface area contributed by atoms with Crippen LogP contribution in [0, 0.1) is 0 Å². The summed E-state index contributed by atoms with van der Waals surface area (Å²) in [4.78, 5) is 11.4. The zero-order valence-corrected chi connectivity index (χ0v) is 9.14. The minimum Gasteiger partial charge on any atom is -0.491 e. The number of hydrogen-bond donors (Lipinski definition) is 0. The van der Waals surface area contributed by atoms with Gasteiger partial charge in [-0.25, -0.2) is 0 Å². The molecule has 1 fully saturated rings. The van der Waals surface area contributed by atoms with Gasteiger partial charge in [-0.05, 0) is 24.3 Å². The van der Waals surface area contributed by atoms with Crippen molar-refractivity contribution >= 4 is 5.78 Å². The first-order valence-electron chi connectivity index (χ1n) is 5.16. The number of ketones is 1. The van der Waals surface area contributed by atoms with Crippen LogP contribution in [0.1, 0.15) is 10.4 Å². The van der Waals surface area contributed by atoms with E-state index in [2.05, 4.69) is 0 Å². The molecule has 0 N–H and O–H groups in total. The molecule has 4 heteroatoms. The lowest BCUT2D eigenvalue weighted by molar-refractivity contribution is 0.0848. The lowest BCUT2D eigenvalue weighted by atomic mass is 10.1. The summed E-state index contributed by atoms with van der Waals surface area (Å²) in [6.45, 7) is 1.46. The number of benzene rings is 1. The molecule has 1 aliphatic rings. The Morgan fingerprint density at radius 2 is 2.12 bits per heavy atom. The third-order valence-corrected chi connectivity index (χ3v) is 2.29. The molecule has 0 unspecified atom stereocenters. The predicted octanol–water partition coefficient (Wildman–Crippen LogP) is 1.29. The number of Topliss-reactive ketones (excluding diaryl/α,β-unsaturated/α-hetero) is 1. The Labute approximate surface area is 94.1 Å². The van der Waals surface area contributed by atoms with E-state index < -0.39 is 0 Å². The smallest absolute Gasteiger partial charge is 0.188 e. The van der Waals surface area contributed by atoms with Gasteiger partial charge in [0.05, 0.1) is 6.61 Å². The Kier molecular flexibility index (Phi) is 3.54. The summed E-state index contributed by atoms with van der Waals surface area (Å²) in [7, 11) is 1.50. The maximum Gasteiger partial charge on any atom is 0.188 e. The number of carbonyl (C=O) groups is 1. The highest BCUT2D eigenvalue weighted by molar-refractivity contribution is 5.97. The van der Waals surface area contributed by atoms with Gasteiger partial charge in [0.25, 0.3) is 0 Å². The Morgan fingerprint density at radius 1 is 1.44 bits per heavy atom. The molecule has 1 heterocycles. The monoisotopic (exact) mass is 222 g/mol. The van der Waals surface area contributed by atoms with Gasteiger partial charge >= 0.3 is 0 Å². The normalized spacial score (nSPS) is 18.2. The molecule has 1 atom stereocenters. The van der Waals surface area contributed by atoms with Crippen LogP contribution in [0.3, 0.4) is 0 Å². The fraction of sp³-hybridized carbons (Fsp3) is 0.417. The fourth-order valence-electron chi connectivity index (χ4n) is 1.30. The molecule has 0 bridgehead atoms. The van der Waals surface area contributed by atoms with E-state index in [9.17, 15) is 4.79 Å². The molecule has 0 amide bonds. The summed E-state index contributed by atoms with van der Waals surface area (Å²) >= 11 is 0. The summed E-state index contributed by atoms with van der Waals surface area (Å²) in [5.74, 6) is 0.726. The van der Waals surface area contributed by atoms with Gasteiger partial charge in [0, 0.05) is 12.7 Å². The summed E-state index contributed by atoms with van der Waals surface area (Å²) in [6, 6.07) is 7.05. The number of epoxide rings is 1. The van der Waals surface area contributed by atoms with Gasteiger partial charge in [0.2, 0.25) is 0 Å². The SMILES string of the molecule is COCC(=O)c1ccc(OC[C@@H]2CO2)cc1. The van der Waals surface area contributed by atoms with Crippen molar-refractivity contribution < 1.29 is 19.0 Å². The van der Waals surface area contributed by atoms with E-state index in [1.54, 1.807) is 24.3 Å². The molecule has 1 aromatic rings. The van der Waals surface area contributed by atoms with Crippen molar-refractivity contribution in [3.63, 3.8) is 0 Å². The molecular formula is C12H14O4. The first kappa shape index (κ1) is 11.1. The molecule has 4 nitrogen and oxygen atoms in total. The zero-order chi connectivity index (χ0) is 11.4. The molecule has 0 radical (unpaired) electrons. The molecule has 1 aliphatic heterocycles. The van der Waals surface area contributed by atoms with Gasteiger partial charge in [-0.15, -0.1) is 0 Å². The predicted molar refractivity (Wildman–Crippen MR) is 57.9 cm³/mol. The molecule has 1 saturated heterocycles. The van der Waals surface area contributed by atoms with E-state index in [0.717, 1.165) is 12.4 Å². The maximum absolute atomic E-state index is 11.4. The molecule has 1 aromatic carbocycles. The minimum atomic E-state index is -0.0282. The van der Waals surface area contributed by atoms with E-state index in [4.69, 9.17) is 14.2 Å². The van der Waals surface area contributed by atoms with Gasteiger partial charge in [0.1, 0.15) is 25.1 Å². The van der Waals surface area contributed by atoms with Gasteiger partial charge in [-0.3, -0.25) is 4.79 Å². The highest BCUT2D eigenvalue weighted by atomic mass is 16.6. The number of carbonyl (C=O) groups excluding carboxylic acids is 1.